The van der Waals surface area contributed by atoms with Gasteiger partial charge in [0.25, 0.3) is 0 Å². The van der Waals surface area contributed by atoms with Gasteiger partial charge in [-0.15, -0.1) is 11.6 Å². The van der Waals surface area contributed by atoms with Crippen LogP contribution in [0.5, 0.6) is 0 Å². The molecule has 0 aromatic heterocycles. The average Bonchev–Trinajstić information content (AvgIpc) is 2.36. The molecule has 0 nitrogen and oxygen atoms in total. The Balaban J connectivity index is 2.19. The first kappa shape index (κ1) is 11.5. The number of hydrogen-bond acceptors (Lipinski definition) is 1. The average molecular weight is 281 g/mol. The summed E-state index contributed by atoms with van der Waals surface area (Å²) < 4.78 is 0. The zero-order valence-electron chi connectivity index (χ0n) is 8.99. The zero-order valence-corrected chi connectivity index (χ0v) is 11.3. The molecule has 0 spiro atoms. The first-order chi connectivity index (χ1) is 8.29. The van der Waals surface area contributed by atoms with Crippen molar-refractivity contribution in [2.45, 2.75) is 15.7 Å². The summed E-state index contributed by atoms with van der Waals surface area (Å²) in [6, 6.07) is 14.5. The number of fused-ring (bicyclic) bond motifs is 2. The molecule has 3 heteroatoms. The third-order valence-corrected chi connectivity index (χ3v) is 4.74. The van der Waals surface area contributed by atoms with Crippen molar-refractivity contribution in [1.29, 1.82) is 0 Å². The van der Waals surface area contributed by atoms with E-state index in [1.165, 1.54) is 20.9 Å². The van der Waals surface area contributed by atoms with Gasteiger partial charge in [-0.1, -0.05) is 41.6 Å². The lowest BCUT2D eigenvalue weighted by Gasteiger charge is -2.26. The fraction of sp³-hybridized carbons (Fsp3) is 0.143. The molecule has 1 heterocycles. The molecule has 3 rings (SSSR count). The Morgan fingerprint density at radius 1 is 1.00 bits per heavy atom. The molecule has 0 aliphatic carbocycles. The molecule has 2 aromatic carbocycles. The van der Waals surface area contributed by atoms with E-state index in [1.54, 1.807) is 11.8 Å². The summed E-state index contributed by atoms with van der Waals surface area (Å²) in [5, 5.41) is 0.777. The van der Waals surface area contributed by atoms with E-state index in [0.717, 1.165) is 5.02 Å². The lowest BCUT2D eigenvalue weighted by Crippen LogP contribution is -2.09. The second kappa shape index (κ2) is 4.56. The van der Waals surface area contributed by atoms with E-state index < -0.39 is 0 Å². The van der Waals surface area contributed by atoms with Gasteiger partial charge >= 0.3 is 0 Å². The van der Waals surface area contributed by atoms with Gasteiger partial charge in [-0.3, -0.25) is 0 Å². The molecule has 0 saturated carbocycles. The summed E-state index contributed by atoms with van der Waals surface area (Å²) in [5.41, 5.74) is 2.55. The van der Waals surface area contributed by atoms with Crippen LogP contribution in [0.25, 0.3) is 0 Å². The summed E-state index contributed by atoms with van der Waals surface area (Å²) in [6.07, 6.45) is 0. The molecule has 0 amide bonds. The SMILES string of the molecule is ClCC1c2ccccc2Sc2ccc(Cl)cc21. The Morgan fingerprint density at radius 2 is 1.76 bits per heavy atom. The van der Waals surface area contributed by atoms with Crippen LogP contribution < -0.4 is 0 Å². The summed E-state index contributed by atoms with van der Waals surface area (Å²) in [4.78, 5) is 2.56. The van der Waals surface area contributed by atoms with Crippen molar-refractivity contribution in [1.82, 2.24) is 0 Å². The molecular weight excluding hydrogens is 271 g/mol. The summed E-state index contributed by atoms with van der Waals surface area (Å²) in [6.45, 7) is 0. The lowest BCUT2D eigenvalue weighted by atomic mass is 9.92. The predicted octanol–water partition coefficient (Wildman–Crippen LogP) is 5.18. The van der Waals surface area contributed by atoms with Gasteiger partial charge in [0.05, 0.1) is 0 Å². The summed E-state index contributed by atoms with van der Waals surface area (Å²) >= 11 is 14.0. The highest BCUT2D eigenvalue weighted by Gasteiger charge is 2.25. The van der Waals surface area contributed by atoms with Crippen molar-refractivity contribution in [3.63, 3.8) is 0 Å². The van der Waals surface area contributed by atoms with Gasteiger partial charge in [-0.05, 0) is 35.4 Å². The summed E-state index contributed by atoms with van der Waals surface area (Å²) in [5.74, 6) is 0.841. The Bertz CT molecular complexity index is 566. The van der Waals surface area contributed by atoms with Crippen LogP contribution in [0.4, 0.5) is 0 Å². The van der Waals surface area contributed by atoms with Crippen LogP contribution >= 0.6 is 35.0 Å². The fourth-order valence-electron chi connectivity index (χ4n) is 2.20. The van der Waals surface area contributed by atoms with E-state index >= 15 is 0 Å². The highest BCUT2D eigenvalue weighted by Crippen LogP contribution is 2.46. The molecule has 0 fully saturated rings. The van der Waals surface area contributed by atoms with Gasteiger partial charge in [0, 0.05) is 26.6 Å². The van der Waals surface area contributed by atoms with E-state index in [9.17, 15) is 0 Å². The smallest absolute Gasteiger partial charge is 0.0409 e. The minimum atomic E-state index is 0.253. The molecule has 0 saturated heterocycles. The Labute approximate surface area is 115 Å². The van der Waals surface area contributed by atoms with Crippen LogP contribution in [0.15, 0.2) is 52.3 Å². The van der Waals surface area contributed by atoms with Gasteiger partial charge in [0.2, 0.25) is 0 Å². The van der Waals surface area contributed by atoms with E-state index in [1.807, 2.05) is 12.1 Å². The van der Waals surface area contributed by atoms with E-state index in [4.69, 9.17) is 23.2 Å². The third-order valence-electron chi connectivity index (χ3n) is 3.02. The maximum atomic E-state index is 6.14. The molecule has 0 N–H and O–H groups in total. The number of halogens is 2. The Hall–Kier alpha value is -0.630. The highest BCUT2D eigenvalue weighted by molar-refractivity contribution is 7.99. The Kier molecular flexibility index (Phi) is 3.08. The van der Waals surface area contributed by atoms with Gasteiger partial charge in [0.15, 0.2) is 0 Å². The predicted molar refractivity (Wildman–Crippen MR) is 74.6 cm³/mol. The number of hydrogen-bond donors (Lipinski definition) is 0. The molecule has 1 atom stereocenters. The van der Waals surface area contributed by atoms with Crippen LogP contribution in [-0.4, -0.2) is 5.88 Å². The maximum Gasteiger partial charge on any atom is 0.0409 e. The van der Waals surface area contributed by atoms with Crippen molar-refractivity contribution < 1.29 is 0 Å². The number of benzene rings is 2. The van der Waals surface area contributed by atoms with E-state index in [0.29, 0.717) is 5.88 Å². The zero-order chi connectivity index (χ0) is 11.8. The second-order valence-corrected chi connectivity index (χ2v) is 5.86. The van der Waals surface area contributed by atoms with Crippen LogP contribution in [-0.2, 0) is 0 Å². The normalized spacial score (nSPS) is 17.4. The van der Waals surface area contributed by atoms with Gasteiger partial charge < -0.3 is 0 Å². The van der Waals surface area contributed by atoms with Gasteiger partial charge in [0.1, 0.15) is 0 Å². The molecule has 1 unspecified atom stereocenters. The van der Waals surface area contributed by atoms with Gasteiger partial charge in [-0.2, -0.15) is 0 Å². The molecule has 17 heavy (non-hydrogen) atoms. The standard InChI is InChI=1S/C14H10Cl2S/c15-8-12-10-3-1-2-4-13(10)17-14-6-5-9(16)7-11(12)14/h1-7,12H,8H2. The molecule has 0 radical (unpaired) electrons. The quantitative estimate of drug-likeness (QED) is 0.649. The monoisotopic (exact) mass is 280 g/mol. The lowest BCUT2D eigenvalue weighted by molar-refractivity contribution is 0.863. The molecule has 2 aromatic rings. The van der Waals surface area contributed by atoms with Crippen molar-refractivity contribution in [3.8, 4) is 0 Å². The summed E-state index contributed by atoms with van der Waals surface area (Å²) in [7, 11) is 0. The molecule has 86 valence electrons. The minimum Gasteiger partial charge on any atom is -0.126 e. The maximum absolute atomic E-state index is 6.14. The minimum absolute atomic E-state index is 0.253. The Morgan fingerprint density at radius 3 is 2.59 bits per heavy atom. The first-order valence-electron chi connectivity index (χ1n) is 5.42. The van der Waals surface area contributed by atoms with Crippen LogP contribution in [0.3, 0.4) is 0 Å². The topological polar surface area (TPSA) is 0 Å². The van der Waals surface area contributed by atoms with Crippen LogP contribution in [0.2, 0.25) is 5.02 Å². The first-order valence-corrected chi connectivity index (χ1v) is 7.14. The molecular formula is C14H10Cl2S. The van der Waals surface area contributed by atoms with E-state index in [2.05, 4.69) is 30.3 Å². The third kappa shape index (κ3) is 1.97. The second-order valence-electron chi connectivity index (χ2n) is 4.03. The highest BCUT2D eigenvalue weighted by atomic mass is 35.5. The van der Waals surface area contributed by atoms with Crippen LogP contribution in [0.1, 0.15) is 17.0 Å². The molecule has 1 aliphatic rings. The molecule has 0 bridgehead atoms. The van der Waals surface area contributed by atoms with Crippen molar-refractivity contribution >= 4 is 35.0 Å². The van der Waals surface area contributed by atoms with Crippen molar-refractivity contribution in [2.75, 3.05) is 5.88 Å². The van der Waals surface area contributed by atoms with Crippen molar-refractivity contribution in [2.24, 2.45) is 0 Å². The number of rotatable bonds is 1. The van der Waals surface area contributed by atoms with Gasteiger partial charge in [-0.25, -0.2) is 0 Å². The molecule has 1 aliphatic heterocycles. The largest absolute Gasteiger partial charge is 0.126 e. The van der Waals surface area contributed by atoms with Crippen LogP contribution in [0, 0.1) is 0 Å². The number of alkyl halides is 1. The van der Waals surface area contributed by atoms with Crippen molar-refractivity contribution in [3.05, 3.63) is 58.6 Å². The fourth-order valence-corrected chi connectivity index (χ4v) is 3.88. The van der Waals surface area contributed by atoms with E-state index in [-0.39, 0.29) is 5.92 Å².